The fraction of sp³-hybridized carbons (Fsp3) is 0.429. The van der Waals surface area contributed by atoms with Crippen molar-refractivity contribution in [2.24, 2.45) is 0 Å². The fourth-order valence-electron chi connectivity index (χ4n) is 0.755. The summed E-state index contributed by atoms with van der Waals surface area (Å²) in [5, 5.41) is 8.71. The van der Waals surface area contributed by atoms with Crippen LogP contribution in [0.1, 0.15) is 22.3 Å². The molecule has 0 spiro atoms. The Morgan fingerprint density at radius 2 is 2.42 bits per heavy atom. The molecular weight excluding hydrogens is 194 g/mol. The lowest BCUT2D eigenvalue weighted by Gasteiger charge is -1.85. The van der Waals surface area contributed by atoms with Gasteiger partial charge in [0.05, 0.1) is 5.69 Å². The van der Waals surface area contributed by atoms with Gasteiger partial charge in [0.2, 0.25) is 0 Å². The predicted octanol–water partition coefficient (Wildman–Crippen LogP) is 2.26. The number of carboxylic acids is 1. The summed E-state index contributed by atoms with van der Waals surface area (Å²) in [6, 6.07) is 0. The van der Waals surface area contributed by atoms with Crippen LogP contribution < -0.4 is 0 Å². The molecular formula is C7H9NO2S2. The molecule has 1 aromatic rings. The standard InChI is InChI=1S/C7H9NO2S2/c1-3-11-7-8-4(2)5(12-7)6(9)10/h3H2,1-2H3,(H,9,10). The van der Waals surface area contributed by atoms with Crippen LogP contribution in [0.25, 0.3) is 0 Å². The van der Waals surface area contributed by atoms with Gasteiger partial charge >= 0.3 is 5.97 Å². The van der Waals surface area contributed by atoms with Gasteiger partial charge in [-0.1, -0.05) is 18.7 Å². The summed E-state index contributed by atoms with van der Waals surface area (Å²) in [6.45, 7) is 3.74. The summed E-state index contributed by atoms with van der Waals surface area (Å²) in [6.07, 6.45) is 0. The smallest absolute Gasteiger partial charge is 0.347 e. The summed E-state index contributed by atoms with van der Waals surface area (Å²) >= 11 is 2.82. The van der Waals surface area contributed by atoms with E-state index in [1.807, 2.05) is 6.92 Å². The molecule has 0 saturated heterocycles. The second-order valence-corrected chi connectivity index (χ2v) is 4.64. The molecule has 1 heterocycles. The minimum absolute atomic E-state index is 0.353. The van der Waals surface area contributed by atoms with Crippen molar-refractivity contribution in [1.82, 2.24) is 4.98 Å². The maximum Gasteiger partial charge on any atom is 0.347 e. The van der Waals surface area contributed by atoms with E-state index in [1.54, 1.807) is 18.7 Å². The number of carbonyl (C=O) groups is 1. The van der Waals surface area contributed by atoms with E-state index < -0.39 is 5.97 Å². The summed E-state index contributed by atoms with van der Waals surface area (Å²) in [5.41, 5.74) is 0.614. The Kier molecular flexibility index (Phi) is 3.11. The first-order chi connectivity index (χ1) is 5.65. The van der Waals surface area contributed by atoms with Gasteiger partial charge in [0, 0.05) is 0 Å². The lowest BCUT2D eigenvalue weighted by Crippen LogP contribution is -1.94. The average Bonchev–Trinajstić information content (AvgIpc) is 2.32. The van der Waals surface area contributed by atoms with E-state index in [2.05, 4.69) is 4.98 Å². The number of carboxylic acid groups (broad SMARTS) is 1. The second-order valence-electron chi connectivity index (χ2n) is 2.13. The number of hydrogen-bond acceptors (Lipinski definition) is 4. The lowest BCUT2D eigenvalue weighted by atomic mass is 10.4. The number of aryl methyl sites for hydroxylation is 1. The molecule has 0 fully saturated rings. The molecule has 1 N–H and O–H groups in total. The van der Waals surface area contributed by atoms with Crippen molar-refractivity contribution in [3.05, 3.63) is 10.6 Å². The molecule has 0 atom stereocenters. The third kappa shape index (κ3) is 1.98. The SMILES string of the molecule is CCSc1nc(C)c(C(=O)O)s1. The maximum atomic E-state index is 10.6. The highest BCUT2D eigenvalue weighted by Crippen LogP contribution is 2.26. The Balaban J connectivity index is 2.92. The molecule has 0 saturated carbocycles. The quantitative estimate of drug-likeness (QED) is 0.765. The van der Waals surface area contributed by atoms with Gasteiger partial charge < -0.3 is 5.11 Å². The van der Waals surface area contributed by atoms with Gasteiger partial charge in [0.25, 0.3) is 0 Å². The zero-order valence-corrected chi connectivity index (χ0v) is 8.46. The molecule has 0 aromatic carbocycles. The van der Waals surface area contributed by atoms with Crippen LogP contribution >= 0.6 is 23.1 Å². The van der Waals surface area contributed by atoms with Crippen LogP contribution in [-0.2, 0) is 0 Å². The van der Waals surface area contributed by atoms with Crippen molar-refractivity contribution in [3.8, 4) is 0 Å². The first kappa shape index (κ1) is 9.54. The zero-order chi connectivity index (χ0) is 9.14. The molecule has 5 heteroatoms. The Morgan fingerprint density at radius 1 is 1.75 bits per heavy atom. The Labute approximate surface area is 78.8 Å². The van der Waals surface area contributed by atoms with Crippen molar-refractivity contribution in [1.29, 1.82) is 0 Å². The first-order valence-electron chi connectivity index (χ1n) is 3.48. The van der Waals surface area contributed by atoms with E-state index >= 15 is 0 Å². The van der Waals surface area contributed by atoms with Gasteiger partial charge in [-0.15, -0.1) is 11.3 Å². The molecule has 66 valence electrons. The number of aromatic nitrogens is 1. The van der Waals surface area contributed by atoms with Gasteiger partial charge in [0.15, 0.2) is 4.34 Å². The Hall–Kier alpha value is -0.550. The minimum Gasteiger partial charge on any atom is -0.477 e. The van der Waals surface area contributed by atoms with E-state index in [-0.39, 0.29) is 0 Å². The van der Waals surface area contributed by atoms with E-state index in [9.17, 15) is 4.79 Å². The van der Waals surface area contributed by atoms with Crippen LogP contribution in [0.5, 0.6) is 0 Å². The number of nitrogens with zero attached hydrogens (tertiary/aromatic N) is 1. The number of thiazole rings is 1. The van der Waals surface area contributed by atoms with Crippen LogP contribution in [-0.4, -0.2) is 21.8 Å². The van der Waals surface area contributed by atoms with E-state index in [1.165, 1.54) is 11.3 Å². The Morgan fingerprint density at radius 3 is 2.83 bits per heavy atom. The lowest BCUT2D eigenvalue weighted by molar-refractivity contribution is 0.0701. The van der Waals surface area contributed by atoms with Crippen LogP contribution in [0.4, 0.5) is 0 Å². The third-order valence-corrected chi connectivity index (χ3v) is 3.41. The number of hydrogen-bond donors (Lipinski definition) is 1. The van der Waals surface area contributed by atoms with Crippen LogP contribution in [0, 0.1) is 6.92 Å². The fourth-order valence-corrected chi connectivity index (χ4v) is 2.68. The number of thioether (sulfide) groups is 1. The monoisotopic (exact) mass is 203 g/mol. The third-order valence-electron chi connectivity index (χ3n) is 1.24. The highest BCUT2D eigenvalue weighted by molar-refractivity contribution is 8.01. The summed E-state index contributed by atoms with van der Waals surface area (Å²) in [7, 11) is 0. The van der Waals surface area contributed by atoms with Gasteiger partial charge in [-0.05, 0) is 12.7 Å². The summed E-state index contributed by atoms with van der Waals surface area (Å²) in [5.74, 6) is 0.0411. The van der Waals surface area contributed by atoms with Crippen molar-refractivity contribution in [2.45, 2.75) is 18.2 Å². The molecule has 3 nitrogen and oxygen atoms in total. The van der Waals surface area contributed by atoms with Crippen molar-refractivity contribution in [3.63, 3.8) is 0 Å². The van der Waals surface area contributed by atoms with E-state index in [0.29, 0.717) is 10.6 Å². The normalized spacial score (nSPS) is 10.2. The van der Waals surface area contributed by atoms with Crippen molar-refractivity contribution < 1.29 is 9.90 Å². The van der Waals surface area contributed by atoms with Gasteiger partial charge in [-0.25, -0.2) is 9.78 Å². The average molecular weight is 203 g/mol. The van der Waals surface area contributed by atoms with Gasteiger partial charge in [-0.3, -0.25) is 0 Å². The molecule has 0 aliphatic carbocycles. The zero-order valence-electron chi connectivity index (χ0n) is 6.83. The summed E-state index contributed by atoms with van der Waals surface area (Å²) < 4.78 is 0.840. The molecule has 0 amide bonds. The molecule has 0 bridgehead atoms. The molecule has 1 aromatic heterocycles. The first-order valence-corrected chi connectivity index (χ1v) is 5.29. The van der Waals surface area contributed by atoms with Gasteiger partial charge in [-0.2, -0.15) is 0 Å². The van der Waals surface area contributed by atoms with Gasteiger partial charge in [0.1, 0.15) is 4.88 Å². The van der Waals surface area contributed by atoms with Crippen molar-refractivity contribution >= 4 is 29.1 Å². The highest BCUT2D eigenvalue weighted by atomic mass is 32.2. The second kappa shape index (κ2) is 3.91. The Bertz CT molecular complexity index is 296. The topological polar surface area (TPSA) is 50.2 Å². The molecule has 0 unspecified atom stereocenters. The molecule has 1 rings (SSSR count). The van der Waals surface area contributed by atoms with Crippen LogP contribution in [0.2, 0.25) is 0 Å². The van der Waals surface area contributed by atoms with E-state index in [4.69, 9.17) is 5.11 Å². The molecule has 12 heavy (non-hydrogen) atoms. The number of rotatable bonds is 3. The summed E-state index contributed by atoms with van der Waals surface area (Å²) in [4.78, 5) is 15.1. The molecule has 0 aliphatic heterocycles. The number of aromatic carboxylic acids is 1. The largest absolute Gasteiger partial charge is 0.477 e. The minimum atomic E-state index is -0.882. The maximum absolute atomic E-state index is 10.6. The highest BCUT2D eigenvalue weighted by Gasteiger charge is 2.13. The molecule has 0 aliphatic rings. The predicted molar refractivity (Wildman–Crippen MR) is 50.2 cm³/mol. The van der Waals surface area contributed by atoms with Crippen molar-refractivity contribution in [2.75, 3.05) is 5.75 Å². The van der Waals surface area contributed by atoms with Crippen LogP contribution in [0.15, 0.2) is 4.34 Å². The van der Waals surface area contributed by atoms with E-state index in [0.717, 1.165) is 10.1 Å². The molecule has 0 radical (unpaired) electrons. The van der Waals surface area contributed by atoms with Crippen LogP contribution in [0.3, 0.4) is 0 Å².